The van der Waals surface area contributed by atoms with E-state index in [-0.39, 0.29) is 11.6 Å². The van der Waals surface area contributed by atoms with Gasteiger partial charge in [0.2, 0.25) is 0 Å². The summed E-state index contributed by atoms with van der Waals surface area (Å²) in [6, 6.07) is 8.00. The molecule has 0 spiro atoms. The van der Waals surface area contributed by atoms with Gasteiger partial charge >= 0.3 is 0 Å². The van der Waals surface area contributed by atoms with E-state index >= 15 is 0 Å². The first kappa shape index (κ1) is 14.5. The molecule has 0 aliphatic heterocycles. The van der Waals surface area contributed by atoms with Crippen LogP contribution in [-0.4, -0.2) is 0 Å². The fraction of sp³-hybridized carbons (Fsp3) is 0.200. The van der Waals surface area contributed by atoms with Crippen molar-refractivity contribution in [1.29, 1.82) is 0 Å². The fourth-order valence-corrected chi connectivity index (χ4v) is 3.10. The van der Waals surface area contributed by atoms with Crippen LogP contribution in [0, 0.1) is 25.5 Å². The van der Waals surface area contributed by atoms with Crippen molar-refractivity contribution in [2.45, 2.75) is 19.2 Å². The van der Waals surface area contributed by atoms with Crippen molar-refractivity contribution in [2.24, 2.45) is 0 Å². The van der Waals surface area contributed by atoms with Crippen LogP contribution >= 0.6 is 27.5 Å². The molecule has 0 amide bonds. The third-order valence-electron chi connectivity index (χ3n) is 3.00. The molecule has 0 radical (unpaired) electrons. The van der Waals surface area contributed by atoms with E-state index in [4.69, 9.17) is 11.6 Å². The second-order valence-electron chi connectivity index (χ2n) is 4.47. The van der Waals surface area contributed by atoms with E-state index in [0.717, 1.165) is 0 Å². The largest absolute Gasteiger partial charge is 0.207 e. The summed E-state index contributed by atoms with van der Waals surface area (Å²) in [7, 11) is 0. The fourth-order valence-electron chi connectivity index (χ4n) is 2.05. The van der Waals surface area contributed by atoms with Crippen LogP contribution in [0.2, 0.25) is 0 Å². The van der Waals surface area contributed by atoms with E-state index in [1.807, 2.05) is 0 Å². The molecule has 0 heterocycles. The van der Waals surface area contributed by atoms with E-state index in [9.17, 15) is 8.78 Å². The van der Waals surface area contributed by atoms with Gasteiger partial charge in [0.05, 0.1) is 5.38 Å². The molecule has 0 N–H and O–H groups in total. The molecule has 0 nitrogen and oxygen atoms in total. The molecule has 0 fully saturated rings. The van der Waals surface area contributed by atoms with Gasteiger partial charge < -0.3 is 0 Å². The molecule has 1 atom stereocenters. The Kier molecular flexibility index (Phi) is 4.26. The number of rotatable bonds is 2. The van der Waals surface area contributed by atoms with Crippen LogP contribution in [0.25, 0.3) is 0 Å². The Hall–Kier alpha value is -0.930. The Labute approximate surface area is 124 Å². The number of aryl methyl sites for hydroxylation is 2. The van der Waals surface area contributed by atoms with Crippen LogP contribution < -0.4 is 0 Å². The first-order chi connectivity index (χ1) is 8.91. The summed E-state index contributed by atoms with van der Waals surface area (Å²) in [5, 5.41) is -0.659. The standard InChI is InChI=1S/C15H12BrClF2/c1-8-6-10(7-9(2)15(8)19)14(17)13-11(16)4-3-5-12(13)18/h3-7,14H,1-2H3. The highest BCUT2D eigenvalue weighted by atomic mass is 79.9. The molecule has 2 aromatic rings. The predicted octanol–water partition coefficient (Wildman–Crippen LogP) is 5.67. The molecule has 0 aliphatic carbocycles. The molecular formula is C15H12BrClF2. The SMILES string of the molecule is Cc1cc(C(Cl)c2c(F)cccc2Br)cc(C)c1F. The summed E-state index contributed by atoms with van der Waals surface area (Å²) in [5.41, 5.74) is 2.07. The van der Waals surface area contributed by atoms with Crippen LogP contribution in [0.1, 0.15) is 27.6 Å². The van der Waals surface area contributed by atoms with Gasteiger partial charge in [-0.15, -0.1) is 11.6 Å². The lowest BCUT2D eigenvalue weighted by molar-refractivity contribution is 0.605. The quantitative estimate of drug-likeness (QED) is 0.615. The average Bonchev–Trinajstić information content (AvgIpc) is 2.35. The molecule has 0 aliphatic rings. The zero-order valence-electron chi connectivity index (χ0n) is 10.5. The monoisotopic (exact) mass is 344 g/mol. The van der Waals surface area contributed by atoms with Crippen LogP contribution in [0.15, 0.2) is 34.8 Å². The van der Waals surface area contributed by atoms with Crippen molar-refractivity contribution in [2.75, 3.05) is 0 Å². The van der Waals surface area contributed by atoms with Crippen LogP contribution in [0.5, 0.6) is 0 Å². The number of hydrogen-bond acceptors (Lipinski definition) is 0. The molecule has 0 aromatic heterocycles. The highest BCUT2D eigenvalue weighted by Crippen LogP contribution is 2.36. The van der Waals surface area contributed by atoms with Gasteiger partial charge in [0.25, 0.3) is 0 Å². The number of halogens is 4. The Morgan fingerprint density at radius 3 is 2.21 bits per heavy atom. The molecule has 19 heavy (non-hydrogen) atoms. The van der Waals surface area contributed by atoms with E-state index < -0.39 is 5.38 Å². The van der Waals surface area contributed by atoms with Crippen molar-refractivity contribution < 1.29 is 8.78 Å². The van der Waals surface area contributed by atoms with Gasteiger partial charge in [-0.05, 0) is 42.7 Å². The van der Waals surface area contributed by atoms with Gasteiger partial charge in [-0.1, -0.05) is 34.1 Å². The maximum absolute atomic E-state index is 13.9. The highest BCUT2D eigenvalue weighted by molar-refractivity contribution is 9.10. The van der Waals surface area contributed by atoms with Crippen LogP contribution in [0.4, 0.5) is 8.78 Å². The maximum Gasteiger partial charge on any atom is 0.129 e. The number of benzene rings is 2. The lowest BCUT2D eigenvalue weighted by Crippen LogP contribution is -2.01. The Bertz CT molecular complexity index is 582. The van der Waals surface area contributed by atoms with Gasteiger partial charge in [-0.25, -0.2) is 8.78 Å². The zero-order chi connectivity index (χ0) is 14.2. The van der Waals surface area contributed by atoms with Crippen LogP contribution in [-0.2, 0) is 0 Å². The van der Waals surface area contributed by atoms with E-state index in [2.05, 4.69) is 15.9 Å². The Morgan fingerprint density at radius 1 is 1.11 bits per heavy atom. The highest BCUT2D eigenvalue weighted by Gasteiger charge is 2.19. The van der Waals surface area contributed by atoms with Gasteiger partial charge in [0, 0.05) is 10.0 Å². The molecule has 2 aromatic carbocycles. The minimum atomic E-state index is -0.659. The van der Waals surface area contributed by atoms with Gasteiger partial charge in [-0.2, -0.15) is 0 Å². The van der Waals surface area contributed by atoms with Crippen molar-refractivity contribution in [3.63, 3.8) is 0 Å². The van der Waals surface area contributed by atoms with Crippen molar-refractivity contribution in [3.05, 3.63) is 68.7 Å². The average molecular weight is 346 g/mol. The van der Waals surface area contributed by atoms with Gasteiger partial charge in [-0.3, -0.25) is 0 Å². The second kappa shape index (κ2) is 5.59. The first-order valence-corrected chi connectivity index (χ1v) is 6.99. The number of alkyl halides is 1. The summed E-state index contributed by atoms with van der Waals surface area (Å²) >= 11 is 9.64. The summed E-state index contributed by atoms with van der Waals surface area (Å²) in [5.74, 6) is -0.630. The Morgan fingerprint density at radius 2 is 1.68 bits per heavy atom. The Balaban J connectivity index is 2.53. The molecule has 4 heteroatoms. The smallest absolute Gasteiger partial charge is 0.129 e. The summed E-state index contributed by atoms with van der Waals surface area (Å²) < 4.78 is 28.1. The van der Waals surface area contributed by atoms with E-state index in [1.54, 1.807) is 38.1 Å². The minimum absolute atomic E-state index is 0.250. The predicted molar refractivity (Wildman–Crippen MR) is 77.7 cm³/mol. The molecular weight excluding hydrogens is 334 g/mol. The summed E-state index contributed by atoms with van der Waals surface area (Å²) in [4.78, 5) is 0. The molecule has 0 saturated heterocycles. The van der Waals surface area contributed by atoms with Gasteiger partial charge in [0.15, 0.2) is 0 Å². The lowest BCUT2D eigenvalue weighted by Gasteiger charge is -2.15. The summed E-state index contributed by atoms with van der Waals surface area (Å²) in [6.07, 6.45) is 0. The van der Waals surface area contributed by atoms with Crippen molar-refractivity contribution in [3.8, 4) is 0 Å². The maximum atomic E-state index is 13.9. The van der Waals surface area contributed by atoms with E-state index in [0.29, 0.717) is 26.7 Å². The molecule has 0 bridgehead atoms. The molecule has 2 rings (SSSR count). The normalized spacial score (nSPS) is 12.5. The lowest BCUT2D eigenvalue weighted by atomic mass is 9.99. The summed E-state index contributed by atoms with van der Waals surface area (Å²) in [6.45, 7) is 3.34. The minimum Gasteiger partial charge on any atom is -0.207 e. The molecule has 0 saturated carbocycles. The number of hydrogen-bond donors (Lipinski definition) is 0. The van der Waals surface area contributed by atoms with Crippen LogP contribution in [0.3, 0.4) is 0 Å². The third kappa shape index (κ3) is 2.82. The molecule has 100 valence electrons. The topological polar surface area (TPSA) is 0 Å². The second-order valence-corrected chi connectivity index (χ2v) is 5.76. The van der Waals surface area contributed by atoms with Crippen molar-refractivity contribution >= 4 is 27.5 Å². The van der Waals surface area contributed by atoms with E-state index in [1.165, 1.54) is 6.07 Å². The molecule has 1 unspecified atom stereocenters. The van der Waals surface area contributed by atoms with Crippen molar-refractivity contribution in [1.82, 2.24) is 0 Å². The van der Waals surface area contributed by atoms with Gasteiger partial charge in [0.1, 0.15) is 11.6 Å². The third-order valence-corrected chi connectivity index (χ3v) is 4.17. The first-order valence-electron chi connectivity index (χ1n) is 5.76. The zero-order valence-corrected chi connectivity index (χ0v) is 12.8.